The maximum atomic E-state index is 13.1. The van der Waals surface area contributed by atoms with E-state index in [0.29, 0.717) is 12.8 Å². The molecule has 2 saturated carbocycles. The highest BCUT2D eigenvalue weighted by Crippen LogP contribution is 2.64. The number of carbonyl (C=O) groups is 1. The number of rotatable bonds is 6. The van der Waals surface area contributed by atoms with Crippen LogP contribution in [0.2, 0.25) is 0 Å². The van der Waals surface area contributed by atoms with Crippen LogP contribution in [0.1, 0.15) is 33.1 Å². The normalized spacial score (nSPS) is 30.8. The fraction of sp³-hybridized carbons (Fsp3) is 0.917. The molecule has 1 N–H and O–H groups in total. The molecule has 0 aromatic carbocycles. The monoisotopic (exact) mass is 376 g/mol. The van der Waals surface area contributed by atoms with E-state index in [4.69, 9.17) is 4.55 Å². The molecular weight excluding hydrogens is 358 g/mol. The zero-order valence-corrected chi connectivity index (χ0v) is 14.2. The standard InChI is InChI=1S/C12H18F2O7S2/c1-10(2)8-3-4-11(10,9(15)5-8)7-22(16,17)21-6-12(13,14)23(18,19)20/h8H,3-7H2,1-2H3,(H,18,19,20). The van der Waals surface area contributed by atoms with Crippen molar-refractivity contribution in [2.24, 2.45) is 16.7 Å². The van der Waals surface area contributed by atoms with E-state index in [0.717, 1.165) is 0 Å². The summed E-state index contributed by atoms with van der Waals surface area (Å²) in [7, 11) is -10.4. The zero-order valence-electron chi connectivity index (χ0n) is 12.6. The summed E-state index contributed by atoms with van der Waals surface area (Å²) in [6.07, 6.45) is 1.22. The van der Waals surface area contributed by atoms with Crippen molar-refractivity contribution in [3.63, 3.8) is 0 Å². The molecule has 7 nitrogen and oxygen atoms in total. The van der Waals surface area contributed by atoms with Gasteiger partial charge in [0.1, 0.15) is 12.4 Å². The molecule has 0 radical (unpaired) electrons. The third kappa shape index (κ3) is 2.92. The van der Waals surface area contributed by atoms with Crippen LogP contribution in [-0.4, -0.2) is 44.8 Å². The van der Waals surface area contributed by atoms with Gasteiger partial charge in [0.25, 0.3) is 10.1 Å². The van der Waals surface area contributed by atoms with Gasteiger partial charge in [-0.3, -0.25) is 13.5 Å². The predicted molar refractivity (Wildman–Crippen MR) is 74.8 cm³/mol. The van der Waals surface area contributed by atoms with E-state index >= 15 is 0 Å². The summed E-state index contributed by atoms with van der Waals surface area (Å²) in [6.45, 7) is 1.50. The van der Waals surface area contributed by atoms with Gasteiger partial charge in [-0.05, 0) is 24.2 Å². The molecule has 2 aliphatic rings. The lowest BCUT2D eigenvalue weighted by Crippen LogP contribution is -2.43. The van der Waals surface area contributed by atoms with Gasteiger partial charge < -0.3 is 0 Å². The number of carbonyl (C=O) groups excluding carboxylic acids is 1. The van der Waals surface area contributed by atoms with E-state index in [-0.39, 0.29) is 18.1 Å². The topological polar surface area (TPSA) is 115 Å². The molecule has 134 valence electrons. The van der Waals surface area contributed by atoms with Crippen LogP contribution in [0.15, 0.2) is 0 Å². The van der Waals surface area contributed by atoms with Crippen molar-refractivity contribution in [1.29, 1.82) is 0 Å². The fourth-order valence-corrected chi connectivity index (χ4v) is 5.66. The Morgan fingerprint density at radius 2 is 1.87 bits per heavy atom. The van der Waals surface area contributed by atoms with Crippen LogP contribution < -0.4 is 0 Å². The van der Waals surface area contributed by atoms with Crippen molar-refractivity contribution >= 4 is 26.0 Å². The average molecular weight is 376 g/mol. The Labute approximate surface area is 133 Å². The lowest BCUT2D eigenvalue weighted by molar-refractivity contribution is -0.128. The molecule has 2 rings (SSSR count). The highest BCUT2D eigenvalue weighted by atomic mass is 32.2. The summed E-state index contributed by atoms with van der Waals surface area (Å²) in [5, 5.41) is -4.74. The van der Waals surface area contributed by atoms with Gasteiger partial charge in [-0.25, -0.2) is 0 Å². The highest BCUT2D eigenvalue weighted by molar-refractivity contribution is 7.87. The number of hydrogen-bond donors (Lipinski definition) is 1. The minimum absolute atomic E-state index is 0.0319. The largest absolute Gasteiger partial charge is 0.393 e. The molecule has 2 fully saturated rings. The smallest absolute Gasteiger partial charge is 0.299 e. The molecule has 0 spiro atoms. The van der Waals surface area contributed by atoms with Gasteiger partial charge in [-0.2, -0.15) is 25.6 Å². The Hall–Kier alpha value is -0.650. The number of fused-ring (bicyclic) bond motifs is 2. The number of alkyl halides is 2. The van der Waals surface area contributed by atoms with E-state index in [2.05, 4.69) is 4.18 Å². The van der Waals surface area contributed by atoms with Crippen molar-refractivity contribution < 1.29 is 39.1 Å². The third-order valence-electron chi connectivity index (χ3n) is 5.35. The van der Waals surface area contributed by atoms with Gasteiger partial charge in [0.2, 0.25) is 0 Å². The minimum Gasteiger partial charge on any atom is -0.299 e. The van der Waals surface area contributed by atoms with E-state index < -0.39 is 48.7 Å². The van der Waals surface area contributed by atoms with Crippen LogP contribution in [0.5, 0.6) is 0 Å². The summed E-state index contributed by atoms with van der Waals surface area (Å²) in [5.74, 6) is -0.985. The second-order valence-electron chi connectivity index (χ2n) is 6.74. The Balaban J connectivity index is 2.18. The second kappa shape index (κ2) is 5.17. The SMILES string of the molecule is CC1(C)C2CCC1(CS(=O)(=O)OCC(F)(F)S(=O)(=O)O)C(=O)C2. The Kier molecular flexibility index (Phi) is 4.20. The molecule has 0 amide bonds. The van der Waals surface area contributed by atoms with Gasteiger partial charge in [-0.15, -0.1) is 0 Å². The molecule has 2 unspecified atom stereocenters. The van der Waals surface area contributed by atoms with Gasteiger partial charge in [0.05, 0.1) is 11.2 Å². The first-order valence-corrected chi connectivity index (χ1v) is 9.92. The number of halogens is 2. The highest BCUT2D eigenvalue weighted by Gasteiger charge is 2.65. The zero-order chi connectivity index (χ0) is 17.9. The predicted octanol–water partition coefficient (Wildman–Crippen LogP) is 1.21. The van der Waals surface area contributed by atoms with Crippen LogP contribution in [0.3, 0.4) is 0 Å². The molecule has 0 aromatic heterocycles. The van der Waals surface area contributed by atoms with Crippen LogP contribution in [0, 0.1) is 16.7 Å². The average Bonchev–Trinajstić information content (AvgIpc) is 2.69. The fourth-order valence-electron chi connectivity index (χ4n) is 3.68. The second-order valence-corrected chi connectivity index (χ2v) is 9.93. The summed E-state index contributed by atoms with van der Waals surface area (Å²) >= 11 is 0. The van der Waals surface area contributed by atoms with Crippen molar-refractivity contribution in [2.75, 3.05) is 12.4 Å². The van der Waals surface area contributed by atoms with Gasteiger partial charge in [0, 0.05) is 6.42 Å². The van der Waals surface area contributed by atoms with Crippen molar-refractivity contribution in [2.45, 2.75) is 38.4 Å². The Morgan fingerprint density at radius 3 is 2.26 bits per heavy atom. The van der Waals surface area contributed by atoms with Crippen molar-refractivity contribution in [1.82, 2.24) is 0 Å². The van der Waals surface area contributed by atoms with E-state index in [1.807, 2.05) is 0 Å². The number of Topliss-reactive ketones (excluding diaryl/α,β-unsaturated/α-hetero) is 1. The van der Waals surface area contributed by atoms with Gasteiger partial charge >= 0.3 is 15.4 Å². The van der Waals surface area contributed by atoms with Crippen molar-refractivity contribution in [3.8, 4) is 0 Å². The lowest BCUT2D eigenvalue weighted by atomic mass is 9.70. The van der Waals surface area contributed by atoms with E-state index in [1.54, 1.807) is 13.8 Å². The molecule has 2 atom stereocenters. The molecule has 0 aliphatic heterocycles. The molecule has 0 aromatic rings. The molecular formula is C12H18F2O7S2. The molecule has 23 heavy (non-hydrogen) atoms. The third-order valence-corrected chi connectivity index (χ3v) is 7.54. The number of hydrogen-bond acceptors (Lipinski definition) is 6. The van der Waals surface area contributed by atoms with Gasteiger partial charge in [-0.1, -0.05) is 13.8 Å². The molecule has 11 heteroatoms. The first kappa shape index (κ1) is 18.7. The maximum absolute atomic E-state index is 13.1. The summed E-state index contributed by atoms with van der Waals surface area (Å²) in [6, 6.07) is 0. The first-order valence-electron chi connectivity index (χ1n) is 6.90. The first-order chi connectivity index (χ1) is 10.1. The summed E-state index contributed by atoms with van der Waals surface area (Å²) in [4.78, 5) is 12.2. The lowest BCUT2D eigenvalue weighted by Gasteiger charge is -2.35. The van der Waals surface area contributed by atoms with Crippen molar-refractivity contribution in [3.05, 3.63) is 0 Å². The summed E-state index contributed by atoms with van der Waals surface area (Å²) in [5.41, 5.74) is -1.81. The molecule has 2 aliphatic carbocycles. The molecule has 0 heterocycles. The van der Waals surface area contributed by atoms with Gasteiger partial charge in [0.15, 0.2) is 0 Å². The minimum atomic E-state index is -5.79. The molecule has 0 saturated heterocycles. The number of ketones is 1. The van der Waals surface area contributed by atoms with Crippen LogP contribution in [-0.2, 0) is 29.2 Å². The maximum Gasteiger partial charge on any atom is 0.393 e. The van der Waals surface area contributed by atoms with Crippen LogP contribution in [0.25, 0.3) is 0 Å². The quantitative estimate of drug-likeness (QED) is 0.547. The Bertz CT molecular complexity index is 727. The van der Waals surface area contributed by atoms with Crippen LogP contribution in [0.4, 0.5) is 8.78 Å². The molecule has 2 bridgehead atoms. The summed E-state index contributed by atoms with van der Waals surface area (Å²) < 4.78 is 83.6. The van der Waals surface area contributed by atoms with E-state index in [1.165, 1.54) is 0 Å². The van der Waals surface area contributed by atoms with E-state index in [9.17, 15) is 30.4 Å². The van der Waals surface area contributed by atoms with Crippen LogP contribution >= 0.6 is 0 Å². The Morgan fingerprint density at radius 1 is 1.30 bits per heavy atom.